The third-order valence-corrected chi connectivity index (χ3v) is 12.5. The Morgan fingerprint density at radius 3 is 1.66 bits per heavy atom. The van der Waals surface area contributed by atoms with Crippen molar-refractivity contribution in [2.45, 2.75) is 252 Å². The lowest BCUT2D eigenvalue weighted by atomic mass is 10.0. The number of rotatable bonds is 44. The molecule has 375 valence electrons. The molecular formula is C55H97N2O8. The van der Waals surface area contributed by atoms with Crippen LogP contribution in [0.1, 0.15) is 237 Å². The maximum Gasteiger partial charge on any atom is 0.407 e. The highest BCUT2D eigenvalue weighted by atomic mass is 16.7. The first kappa shape index (κ1) is 58.4. The zero-order chi connectivity index (χ0) is 46.8. The fourth-order valence-electron chi connectivity index (χ4n) is 8.51. The van der Waals surface area contributed by atoms with E-state index >= 15 is 0 Å². The summed E-state index contributed by atoms with van der Waals surface area (Å²) >= 11 is 0. The van der Waals surface area contributed by atoms with Crippen LogP contribution in [-0.2, 0) is 52.9 Å². The predicted octanol–water partition coefficient (Wildman–Crippen LogP) is 14.1. The predicted molar refractivity (Wildman–Crippen MR) is 266 cm³/mol. The number of hydrogen-bond acceptors (Lipinski definition) is 9. The lowest BCUT2D eigenvalue weighted by Crippen LogP contribution is -2.35. The molecule has 0 saturated carbocycles. The maximum absolute atomic E-state index is 13.2. The summed E-state index contributed by atoms with van der Waals surface area (Å²) in [6.07, 6.45) is 33.5. The molecule has 10 nitrogen and oxygen atoms in total. The van der Waals surface area contributed by atoms with E-state index in [-0.39, 0.29) is 44.1 Å². The quantitative estimate of drug-likeness (QED) is 0.0296. The average Bonchev–Trinajstić information content (AvgIpc) is 3.83. The molecule has 1 aromatic rings. The first-order chi connectivity index (χ1) is 31.9. The van der Waals surface area contributed by atoms with E-state index in [1.807, 2.05) is 6.07 Å². The minimum atomic E-state index is -0.410. The van der Waals surface area contributed by atoms with Gasteiger partial charge in [-0.2, -0.15) is 0 Å². The van der Waals surface area contributed by atoms with Crippen molar-refractivity contribution in [2.75, 3.05) is 39.4 Å². The molecular weight excluding hydrogens is 817 g/mol. The van der Waals surface area contributed by atoms with Crippen LogP contribution in [0.5, 0.6) is 0 Å². The Morgan fingerprint density at radius 2 is 1.09 bits per heavy atom. The van der Waals surface area contributed by atoms with E-state index in [0.717, 1.165) is 107 Å². The lowest BCUT2D eigenvalue weighted by molar-refractivity contribution is -0.160. The van der Waals surface area contributed by atoms with E-state index < -0.39 is 12.4 Å². The van der Waals surface area contributed by atoms with Gasteiger partial charge in [-0.1, -0.05) is 162 Å². The number of hydrogen-bond donors (Lipinski definition) is 1. The molecule has 1 aliphatic rings. The van der Waals surface area contributed by atoms with Gasteiger partial charge in [-0.15, -0.1) is 0 Å². The Labute approximate surface area is 398 Å². The number of carbonyl (C=O) groups is 3. The molecule has 2 rings (SSSR count). The summed E-state index contributed by atoms with van der Waals surface area (Å²) in [5, 5.41) is 2.92. The molecule has 1 saturated heterocycles. The number of amides is 1. The molecule has 65 heavy (non-hydrogen) atoms. The number of aryl methyl sites for hydroxylation is 1. The van der Waals surface area contributed by atoms with E-state index in [1.54, 1.807) is 0 Å². The van der Waals surface area contributed by atoms with Crippen molar-refractivity contribution in [3.05, 3.63) is 41.3 Å². The Bertz CT molecular complexity index is 1290. The van der Waals surface area contributed by atoms with E-state index in [9.17, 15) is 14.4 Å². The molecule has 1 radical (unpaired) electrons. The standard InChI is InChI=1S/C55H97N2O8/c1-5-9-13-17-20-21-22-25-31-48-43-49(46-63-52(58)34-33-51(32-26-16-12-8-4)65-55(60)56-37-40-57-38-27-28-39-57)45-50(44-48)47-64-53(59)35-36-54(61-41-29-23-18-14-10-6-2)62-42-30-24-19-15-11-7-3/h5,43-45,51,54H,6-42,46-47H2,1-4H3,(H,56,60). The molecule has 0 bridgehead atoms. The Hall–Kier alpha value is -2.69. The van der Waals surface area contributed by atoms with Crippen LogP contribution in [0.15, 0.2) is 18.2 Å². The average molecular weight is 914 g/mol. The van der Waals surface area contributed by atoms with Crippen molar-refractivity contribution in [3.8, 4) is 0 Å². The number of alkyl carbamates (subject to hydrolysis) is 1. The SMILES string of the molecule is C[CH]CCCCCCCCc1cc(COC(=O)CCC(CCCCCC)OC(=O)NCCN2CCCC2)cc(COC(=O)CCC(OCCCCCCCC)OCCCCCCCC)c1. The number of ether oxygens (including phenoxy) is 5. The third kappa shape index (κ3) is 33.4. The van der Waals surface area contributed by atoms with Crippen LogP contribution in [0.2, 0.25) is 0 Å². The number of unbranched alkanes of at least 4 members (excludes halogenated alkanes) is 20. The van der Waals surface area contributed by atoms with Gasteiger partial charge >= 0.3 is 18.0 Å². The normalized spacial score (nSPS) is 13.4. The summed E-state index contributed by atoms with van der Waals surface area (Å²) in [6.45, 7) is 13.9. The van der Waals surface area contributed by atoms with Gasteiger partial charge in [0.25, 0.3) is 0 Å². The topological polar surface area (TPSA) is 113 Å². The van der Waals surface area contributed by atoms with Crippen LogP contribution in [0.25, 0.3) is 0 Å². The molecule has 0 aliphatic carbocycles. The van der Waals surface area contributed by atoms with Crippen molar-refractivity contribution >= 4 is 18.0 Å². The Morgan fingerprint density at radius 1 is 0.600 bits per heavy atom. The van der Waals surface area contributed by atoms with E-state index in [1.165, 1.54) is 103 Å². The van der Waals surface area contributed by atoms with Crippen LogP contribution in [0, 0.1) is 6.42 Å². The van der Waals surface area contributed by atoms with Crippen LogP contribution < -0.4 is 5.32 Å². The second-order valence-electron chi connectivity index (χ2n) is 18.7. The molecule has 10 heteroatoms. The van der Waals surface area contributed by atoms with Crippen molar-refractivity contribution < 1.29 is 38.1 Å². The highest BCUT2D eigenvalue weighted by Gasteiger charge is 2.19. The van der Waals surface area contributed by atoms with E-state index in [0.29, 0.717) is 32.6 Å². The minimum Gasteiger partial charge on any atom is -0.461 e. The van der Waals surface area contributed by atoms with Gasteiger partial charge in [0.2, 0.25) is 0 Å². The summed E-state index contributed by atoms with van der Waals surface area (Å²) in [4.78, 5) is 41.4. The zero-order valence-corrected chi connectivity index (χ0v) is 42.3. The zero-order valence-electron chi connectivity index (χ0n) is 42.3. The van der Waals surface area contributed by atoms with Gasteiger partial charge in [0.15, 0.2) is 6.29 Å². The maximum atomic E-state index is 13.2. The number of carbonyl (C=O) groups excluding carboxylic acids is 3. The lowest BCUT2D eigenvalue weighted by Gasteiger charge is -2.19. The second-order valence-corrected chi connectivity index (χ2v) is 18.7. The molecule has 1 aliphatic heterocycles. The van der Waals surface area contributed by atoms with Crippen LogP contribution >= 0.6 is 0 Å². The largest absolute Gasteiger partial charge is 0.461 e. The number of esters is 2. The highest BCUT2D eigenvalue weighted by Crippen LogP contribution is 2.20. The molecule has 0 aromatic heterocycles. The van der Waals surface area contributed by atoms with E-state index in [4.69, 9.17) is 23.7 Å². The van der Waals surface area contributed by atoms with Gasteiger partial charge < -0.3 is 33.9 Å². The van der Waals surface area contributed by atoms with Gasteiger partial charge in [0, 0.05) is 39.1 Å². The molecule has 1 atom stereocenters. The molecule has 1 heterocycles. The van der Waals surface area contributed by atoms with Gasteiger partial charge in [-0.3, -0.25) is 9.59 Å². The molecule has 1 fully saturated rings. The van der Waals surface area contributed by atoms with Gasteiger partial charge in [0.1, 0.15) is 19.3 Å². The van der Waals surface area contributed by atoms with Crippen LogP contribution in [0.3, 0.4) is 0 Å². The Balaban J connectivity index is 1.97. The molecule has 1 amide bonds. The summed E-state index contributed by atoms with van der Waals surface area (Å²) in [5.74, 6) is -0.584. The van der Waals surface area contributed by atoms with Crippen molar-refractivity contribution in [2.24, 2.45) is 0 Å². The van der Waals surface area contributed by atoms with Crippen molar-refractivity contribution in [1.82, 2.24) is 10.2 Å². The highest BCUT2D eigenvalue weighted by molar-refractivity contribution is 5.70. The first-order valence-corrected chi connectivity index (χ1v) is 27.0. The molecule has 1 N–H and O–H groups in total. The van der Waals surface area contributed by atoms with Crippen molar-refractivity contribution in [1.29, 1.82) is 0 Å². The van der Waals surface area contributed by atoms with Gasteiger partial charge in [-0.25, -0.2) is 4.79 Å². The smallest absolute Gasteiger partial charge is 0.407 e. The summed E-state index contributed by atoms with van der Waals surface area (Å²) in [6, 6.07) is 6.23. The fraction of sp³-hybridized carbons (Fsp3) is 0.818. The number of nitrogens with zero attached hydrogens (tertiary/aromatic N) is 1. The molecule has 1 unspecified atom stereocenters. The van der Waals surface area contributed by atoms with Gasteiger partial charge in [-0.05, 0) is 100 Å². The number of benzene rings is 1. The van der Waals surface area contributed by atoms with E-state index in [2.05, 4.69) is 56.5 Å². The Kier molecular flexibility index (Phi) is 37.3. The molecule has 1 aromatic carbocycles. The fourth-order valence-corrected chi connectivity index (χ4v) is 8.51. The monoisotopic (exact) mass is 914 g/mol. The summed E-state index contributed by atoms with van der Waals surface area (Å²) < 4.78 is 29.9. The summed E-state index contributed by atoms with van der Waals surface area (Å²) in [7, 11) is 0. The second kappa shape index (κ2) is 41.5. The summed E-state index contributed by atoms with van der Waals surface area (Å²) in [5.41, 5.74) is 2.94. The number of likely N-dealkylation sites (tertiary alicyclic amines) is 1. The molecule has 0 spiro atoms. The first-order valence-electron chi connectivity index (χ1n) is 27.0. The van der Waals surface area contributed by atoms with Crippen LogP contribution in [-0.4, -0.2) is 74.7 Å². The number of nitrogens with one attached hydrogen (secondary N) is 1. The van der Waals surface area contributed by atoms with Crippen LogP contribution in [0.4, 0.5) is 4.79 Å². The van der Waals surface area contributed by atoms with Gasteiger partial charge in [0.05, 0.1) is 6.42 Å². The minimum absolute atomic E-state index is 0.134. The third-order valence-electron chi connectivity index (χ3n) is 12.5. The van der Waals surface area contributed by atoms with Crippen molar-refractivity contribution in [3.63, 3.8) is 0 Å².